The minimum absolute atomic E-state index is 0.223. The topological polar surface area (TPSA) is 52.6 Å². The standard InChI is InChI=1S/C12H22O4/c1-6-15-10(13)8-12(4,5)9(3)11(14)16-7-2/h9H,6-8H2,1-5H3. The molecule has 0 amide bonds. The maximum atomic E-state index is 11.6. The van der Waals surface area contributed by atoms with Crippen LogP contribution in [-0.4, -0.2) is 25.2 Å². The molecular weight excluding hydrogens is 208 g/mol. The molecule has 0 spiro atoms. The summed E-state index contributed by atoms with van der Waals surface area (Å²) < 4.78 is 9.82. The predicted octanol–water partition coefficient (Wildman–Crippen LogP) is 2.17. The van der Waals surface area contributed by atoms with Crippen molar-refractivity contribution in [1.82, 2.24) is 0 Å². The first-order valence-electron chi connectivity index (χ1n) is 5.67. The fourth-order valence-electron chi connectivity index (χ4n) is 1.32. The molecule has 94 valence electrons. The zero-order chi connectivity index (χ0) is 12.8. The summed E-state index contributed by atoms with van der Waals surface area (Å²) in [4.78, 5) is 22.9. The van der Waals surface area contributed by atoms with Gasteiger partial charge in [0, 0.05) is 0 Å². The van der Waals surface area contributed by atoms with Gasteiger partial charge in [0.15, 0.2) is 0 Å². The average molecular weight is 230 g/mol. The average Bonchev–Trinajstić information content (AvgIpc) is 2.16. The van der Waals surface area contributed by atoms with Crippen LogP contribution in [0.4, 0.5) is 0 Å². The molecule has 0 aromatic heterocycles. The number of ether oxygens (including phenoxy) is 2. The molecule has 1 atom stereocenters. The van der Waals surface area contributed by atoms with Gasteiger partial charge < -0.3 is 9.47 Å². The van der Waals surface area contributed by atoms with Crippen molar-refractivity contribution in [2.75, 3.05) is 13.2 Å². The Morgan fingerprint density at radius 1 is 1.12 bits per heavy atom. The van der Waals surface area contributed by atoms with Gasteiger partial charge in [-0.05, 0) is 19.3 Å². The van der Waals surface area contributed by atoms with Gasteiger partial charge in [0.2, 0.25) is 0 Å². The van der Waals surface area contributed by atoms with E-state index in [1.807, 2.05) is 13.8 Å². The van der Waals surface area contributed by atoms with E-state index in [9.17, 15) is 9.59 Å². The van der Waals surface area contributed by atoms with E-state index in [1.54, 1.807) is 20.8 Å². The van der Waals surface area contributed by atoms with E-state index in [4.69, 9.17) is 9.47 Å². The number of esters is 2. The lowest BCUT2D eigenvalue weighted by atomic mass is 9.77. The van der Waals surface area contributed by atoms with Crippen LogP contribution in [-0.2, 0) is 19.1 Å². The summed E-state index contributed by atoms with van der Waals surface area (Å²) in [5, 5.41) is 0. The van der Waals surface area contributed by atoms with Crippen molar-refractivity contribution in [3.63, 3.8) is 0 Å². The van der Waals surface area contributed by atoms with Crippen molar-refractivity contribution in [1.29, 1.82) is 0 Å². The van der Waals surface area contributed by atoms with Crippen molar-refractivity contribution < 1.29 is 19.1 Å². The molecule has 0 aliphatic carbocycles. The SMILES string of the molecule is CCOC(=O)CC(C)(C)C(C)C(=O)OCC. The third-order valence-corrected chi connectivity index (χ3v) is 2.72. The van der Waals surface area contributed by atoms with Gasteiger partial charge >= 0.3 is 11.9 Å². The molecule has 0 N–H and O–H groups in total. The van der Waals surface area contributed by atoms with Gasteiger partial charge in [-0.25, -0.2) is 0 Å². The number of carbonyl (C=O) groups is 2. The molecule has 4 heteroatoms. The molecule has 0 heterocycles. The van der Waals surface area contributed by atoms with Crippen molar-refractivity contribution in [2.24, 2.45) is 11.3 Å². The van der Waals surface area contributed by atoms with E-state index >= 15 is 0 Å². The van der Waals surface area contributed by atoms with Gasteiger partial charge in [-0.3, -0.25) is 9.59 Å². The Labute approximate surface area is 97.3 Å². The molecule has 0 fully saturated rings. The molecule has 0 aliphatic rings. The first kappa shape index (κ1) is 14.9. The van der Waals surface area contributed by atoms with E-state index in [2.05, 4.69) is 0 Å². The highest BCUT2D eigenvalue weighted by Crippen LogP contribution is 2.31. The number of hydrogen-bond donors (Lipinski definition) is 0. The molecule has 4 nitrogen and oxygen atoms in total. The molecule has 0 aromatic rings. The molecule has 0 saturated carbocycles. The van der Waals surface area contributed by atoms with Crippen LogP contribution in [0.5, 0.6) is 0 Å². The zero-order valence-electron chi connectivity index (χ0n) is 10.8. The van der Waals surface area contributed by atoms with Crippen molar-refractivity contribution in [2.45, 2.75) is 41.0 Å². The molecule has 0 aliphatic heterocycles. The molecule has 1 unspecified atom stereocenters. The van der Waals surface area contributed by atoms with E-state index in [0.717, 1.165) is 0 Å². The first-order chi connectivity index (χ1) is 7.35. The number of rotatable bonds is 6. The molecule has 0 saturated heterocycles. The van der Waals surface area contributed by atoms with Crippen LogP contribution in [0.3, 0.4) is 0 Å². The minimum atomic E-state index is -0.446. The highest BCUT2D eigenvalue weighted by molar-refractivity contribution is 5.75. The summed E-state index contributed by atoms with van der Waals surface area (Å²) in [5.41, 5.74) is -0.446. The van der Waals surface area contributed by atoms with Crippen LogP contribution in [0.15, 0.2) is 0 Å². The van der Waals surface area contributed by atoms with Gasteiger partial charge in [0.05, 0.1) is 25.6 Å². The third-order valence-electron chi connectivity index (χ3n) is 2.72. The third kappa shape index (κ3) is 4.64. The quantitative estimate of drug-likeness (QED) is 0.656. The van der Waals surface area contributed by atoms with Gasteiger partial charge in [0.1, 0.15) is 0 Å². The van der Waals surface area contributed by atoms with Crippen molar-refractivity contribution in [3.8, 4) is 0 Å². The maximum absolute atomic E-state index is 11.6. The Kier molecular flexibility index (Phi) is 6.08. The zero-order valence-corrected chi connectivity index (χ0v) is 10.8. The summed E-state index contributed by atoms with van der Waals surface area (Å²) in [6.45, 7) is 9.76. The summed E-state index contributed by atoms with van der Waals surface area (Å²) in [6, 6.07) is 0. The fourth-order valence-corrected chi connectivity index (χ4v) is 1.32. The van der Waals surface area contributed by atoms with Crippen molar-refractivity contribution >= 4 is 11.9 Å². The van der Waals surface area contributed by atoms with E-state index in [1.165, 1.54) is 0 Å². The van der Waals surface area contributed by atoms with Gasteiger partial charge in [-0.2, -0.15) is 0 Å². The highest BCUT2D eigenvalue weighted by Gasteiger charge is 2.34. The van der Waals surface area contributed by atoms with E-state index in [-0.39, 0.29) is 24.3 Å². The summed E-state index contributed by atoms with van der Waals surface area (Å²) >= 11 is 0. The van der Waals surface area contributed by atoms with Crippen LogP contribution in [0.1, 0.15) is 41.0 Å². The Hall–Kier alpha value is -1.06. The predicted molar refractivity (Wildman–Crippen MR) is 60.8 cm³/mol. The summed E-state index contributed by atoms with van der Waals surface area (Å²) in [6.07, 6.45) is 0.223. The first-order valence-corrected chi connectivity index (χ1v) is 5.67. The largest absolute Gasteiger partial charge is 0.466 e. The smallest absolute Gasteiger partial charge is 0.309 e. The Balaban J connectivity index is 4.40. The lowest BCUT2D eigenvalue weighted by Crippen LogP contribution is -2.32. The monoisotopic (exact) mass is 230 g/mol. The number of hydrogen-bond acceptors (Lipinski definition) is 4. The second kappa shape index (κ2) is 6.51. The molecule has 0 radical (unpaired) electrons. The second-order valence-corrected chi connectivity index (χ2v) is 4.44. The highest BCUT2D eigenvalue weighted by atomic mass is 16.5. The Morgan fingerprint density at radius 3 is 2.06 bits per heavy atom. The summed E-state index contributed by atoms with van der Waals surface area (Å²) in [5.74, 6) is -0.864. The van der Waals surface area contributed by atoms with Crippen LogP contribution in [0.2, 0.25) is 0 Å². The normalized spacial score (nSPS) is 13.1. The van der Waals surface area contributed by atoms with Gasteiger partial charge in [0.25, 0.3) is 0 Å². The molecular formula is C12H22O4. The maximum Gasteiger partial charge on any atom is 0.309 e. The second-order valence-electron chi connectivity index (χ2n) is 4.44. The molecule has 0 bridgehead atoms. The van der Waals surface area contributed by atoms with Crippen LogP contribution in [0.25, 0.3) is 0 Å². The van der Waals surface area contributed by atoms with Crippen LogP contribution in [0, 0.1) is 11.3 Å². The van der Waals surface area contributed by atoms with Gasteiger partial charge in [-0.1, -0.05) is 20.8 Å². The minimum Gasteiger partial charge on any atom is -0.466 e. The molecule has 16 heavy (non-hydrogen) atoms. The lowest BCUT2D eigenvalue weighted by Gasteiger charge is -2.28. The van der Waals surface area contributed by atoms with Gasteiger partial charge in [-0.15, -0.1) is 0 Å². The van der Waals surface area contributed by atoms with Crippen LogP contribution >= 0.6 is 0 Å². The van der Waals surface area contributed by atoms with E-state index in [0.29, 0.717) is 13.2 Å². The Bertz CT molecular complexity index is 245. The lowest BCUT2D eigenvalue weighted by molar-refractivity contribution is -0.154. The van der Waals surface area contributed by atoms with Crippen molar-refractivity contribution in [3.05, 3.63) is 0 Å². The molecule has 0 aromatic carbocycles. The fraction of sp³-hybridized carbons (Fsp3) is 0.833. The van der Waals surface area contributed by atoms with Crippen LogP contribution < -0.4 is 0 Å². The summed E-state index contributed by atoms with van der Waals surface area (Å²) in [7, 11) is 0. The van der Waals surface area contributed by atoms with E-state index < -0.39 is 5.41 Å². The number of carbonyl (C=O) groups excluding carboxylic acids is 2. The Morgan fingerprint density at radius 2 is 1.62 bits per heavy atom. The molecule has 0 rings (SSSR count).